The van der Waals surface area contributed by atoms with Gasteiger partial charge in [0, 0.05) is 30.3 Å². The highest BCUT2D eigenvalue weighted by Crippen LogP contribution is 2.31. The van der Waals surface area contributed by atoms with Crippen molar-refractivity contribution in [3.63, 3.8) is 0 Å². The number of hydrogen-bond donors (Lipinski definition) is 1. The Morgan fingerprint density at radius 3 is 3.00 bits per heavy atom. The lowest BCUT2D eigenvalue weighted by atomic mass is 9.92. The highest BCUT2D eigenvalue weighted by molar-refractivity contribution is 5.25. The molecule has 0 bridgehead atoms. The van der Waals surface area contributed by atoms with Crippen LogP contribution in [-0.4, -0.2) is 20.0 Å². The van der Waals surface area contributed by atoms with Crippen molar-refractivity contribution in [3.8, 4) is 0 Å². The molecule has 0 saturated carbocycles. The van der Waals surface area contributed by atoms with Crippen LogP contribution in [0.1, 0.15) is 68.7 Å². The number of rotatable bonds is 5. The van der Waals surface area contributed by atoms with E-state index in [-0.39, 0.29) is 6.04 Å². The summed E-state index contributed by atoms with van der Waals surface area (Å²) in [7, 11) is 0. The van der Waals surface area contributed by atoms with Gasteiger partial charge in [0.15, 0.2) is 0 Å². The van der Waals surface area contributed by atoms with Crippen LogP contribution in [0.4, 0.5) is 0 Å². The first-order chi connectivity index (χ1) is 10.2. The minimum absolute atomic E-state index is 0.0544. The molecule has 3 rings (SSSR count). The maximum absolute atomic E-state index is 5.64. The summed E-state index contributed by atoms with van der Waals surface area (Å²) in [6.07, 6.45) is 6.22. The maximum atomic E-state index is 5.64. The summed E-state index contributed by atoms with van der Waals surface area (Å²) in [5.74, 6) is 1.36. The molecule has 6 heteroatoms. The molecule has 0 saturated heterocycles. The van der Waals surface area contributed by atoms with Crippen LogP contribution < -0.4 is 5.32 Å². The maximum Gasteiger partial charge on any atom is 0.233 e. The monoisotopic (exact) mass is 289 g/mol. The fraction of sp³-hybridized carbons (Fsp3) is 0.667. The molecule has 0 aliphatic heterocycles. The smallest absolute Gasteiger partial charge is 0.233 e. The molecule has 6 nitrogen and oxygen atoms in total. The standard InChI is InChI=1S/C15H23N5O/c1-4-14-18-19-15(21-14)10(3)17-12-7-6-8-13-11(12)9-16-20(13)5-2/h9-10,12,17H,4-8H2,1-3H3. The first kappa shape index (κ1) is 14.3. The Bertz CT molecular complexity index is 603. The largest absolute Gasteiger partial charge is 0.424 e. The van der Waals surface area contributed by atoms with E-state index in [4.69, 9.17) is 4.42 Å². The molecule has 0 amide bonds. The molecule has 114 valence electrons. The van der Waals surface area contributed by atoms with Crippen molar-refractivity contribution in [1.82, 2.24) is 25.3 Å². The van der Waals surface area contributed by atoms with E-state index in [1.165, 1.54) is 17.7 Å². The van der Waals surface area contributed by atoms with Crippen molar-refractivity contribution >= 4 is 0 Å². The minimum atomic E-state index is 0.0544. The summed E-state index contributed by atoms with van der Waals surface area (Å²) in [6, 6.07) is 0.375. The number of fused-ring (bicyclic) bond motifs is 1. The number of aryl methyl sites for hydroxylation is 2. The number of hydrogen-bond acceptors (Lipinski definition) is 5. The minimum Gasteiger partial charge on any atom is -0.424 e. The first-order valence-corrected chi connectivity index (χ1v) is 7.85. The molecule has 1 aliphatic rings. The van der Waals surface area contributed by atoms with Gasteiger partial charge in [-0.15, -0.1) is 10.2 Å². The molecular formula is C15H23N5O. The van der Waals surface area contributed by atoms with Crippen molar-refractivity contribution in [2.75, 3.05) is 0 Å². The van der Waals surface area contributed by atoms with Crippen LogP contribution in [0.5, 0.6) is 0 Å². The van der Waals surface area contributed by atoms with Gasteiger partial charge in [-0.05, 0) is 33.1 Å². The van der Waals surface area contributed by atoms with Crippen LogP contribution in [0.25, 0.3) is 0 Å². The third-order valence-electron chi connectivity index (χ3n) is 4.17. The Morgan fingerprint density at radius 2 is 2.29 bits per heavy atom. The van der Waals surface area contributed by atoms with Gasteiger partial charge in [0.2, 0.25) is 11.8 Å². The van der Waals surface area contributed by atoms with E-state index in [0.717, 1.165) is 25.8 Å². The fourth-order valence-corrected chi connectivity index (χ4v) is 3.02. The zero-order valence-electron chi connectivity index (χ0n) is 13.0. The highest BCUT2D eigenvalue weighted by atomic mass is 16.4. The lowest BCUT2D eigenvalue weighted by Crippen LogP contribution is -2.28. The molecule has 0 spiro atoms. The lowest BCUT2D eigenvalue weighted by molar-refractivity contribution is 0.347. The topological polar surface area (TPSA) is 68.8 Å². The van der Waals surface area contributed by atoms with Gasteiger partial charge < -0.3 is 4.42 Å². The average molecular weight is 289 g/mol. The van der Waals surface area contributed by atoms with Gasteiger partial charge in [-0.1, -0.05) is 6.92 Å². The van der Waals surface area contributed by atoms with E-state index in [1.54, 1.807) is 0 Å². The van der Waals surface area contributed by atoms with E-state index in [0.29, 0.717) is 17.8 Å². The zero-order chi connectivity index (χ0) is 14.8. The molecule has 2 aromatic rings. The number of nitrogens with zero attached hydrogens (tertiary/aromatic N) is 4. The van der Waals surface area contributed by atoms with Gasteiger partial charge in [0.05, 0.1) is 12.2 Å². The van der Waals surface area contributed by atoms with Crippen molar-refractivity contribution in [2.45, 2.75) is 65.1 Å². The quantitative estimate of drug-likeness (QED) is 0.916. The Hall–Kier alpha value is -1.69. The summed E-state index contributed by atoms with van der Waals surface area (Å²) in [6.45, 7) is 7.16. The van der Waals surface area contributed by atoms with E-state index < -0.39 is 0 Å². The molecule has 2 unspecified atom stereocenters. The second-order valence-electron chi connectivity index (χ2n) is 5.58. The molecule has 1 N–H and O–H groups in total. The van der Waals surface area contributed by atoms with E-state index in [9.17, 15) is 0 Å². The molecule has 0 aromatic carbocycles. The average Bonchev–Trinajstić information content (AvgIpc) is 3.14. The molecule has 1 aliphatic carbocycles. The van der Waals surface area contributed by atoms with Crippen LogP contribution in [0.2, 0.25) is 0 Å². The third-order valence-corrected chi connectivity index (χ3v) is 4.17. The summed E-state index contributed by atoms with van der Waals surface area (Å²) in [5, 5.41) is 16.3. The molecule has 21 heavy (non-hydrogen) atoms. The van der Waals surface area contributed by atoms with Gasteiger partial charge >= 0.3 is 0 Å². The highest BCUT2D eigenvalue weighted by Gasteiger charge is 2.26. The first-order valence-electron chi connectivity index (χ1n) is 7.85. The van der Waals surface area contributed by atoms with Crippen molar-refractivity contribution in [1.29, 1.82) is 0 Å². The molecule has 2 aromatic heterocycles. The van der Waals surface area contributed by atoms with E-state index in [2.05, 4.69) is 39.1 Å². The molecule has 2 atom stereocenters. The van der Waals surface area contributed by atoms with Crippen LogP contribution in [0.3, 0.4) is 0 Å². The predicted molar refractivity (Wildman–Crippen MR) is 78.8 cm³/mol. The number of nitrogens with one attached hydrogen (secondary N) is 1. The second kappa shape index (κ2) is 5.97. The van der Waals surface area contributed by atoms with Crippen LogP contribution in [0.15, 0.2) is 10.6 Å². The number of aromatic nitrogens is 4. The molecule has 0 fully saturated rings. The third kappa shape index (κ3) is 2.72. The SMILES string of the molecule is CCc1nnc(C(C)NC2CCCc3c2cnn3CC)o1. The van der Waals surface area contributed by atoms with Gasteiger partial charge in [0.1, 0.15) is 0 Å². The Morgan fingerprint density at radius 1 is 1.43 bits per heavy atom. The molecule has 0 radical (unpaired) electrons. The summed E-state index contributed by atoms with van der Waals surface area (Å²) in [5.41, 5.74) is 2.69. The zero-order valence-corrected chi connectivity index (χ0v) is 13.0. The summed E-state index contributed by atoms with van der Waals surface area (Å²) < 4.78 is 7.75. The van der Waals surface area contributed by atoms with Crippen LogP contribution in [0, 0.1) is 0 Å². The van der Waals surface area contributed by atoms with Gasteiger partial charge in [-0.2, -0.15) is 5.10 Å². The van der Waals surface area contributed by atoms with Crippen molar-refractivity contribution in [3.05, 3.63) is 29.2 Å². The van der Waals surface area contributed by atoms with Crippen molar-refractivity contribution < 1.29 is 4.42 Å². The predicted octanol–water partition coefficient (Wildman–Crippen LogP) is 2.58. The van der Waals surface area contributed by atoms with Gasteiger partial charge in [0.25, 0.3) is 0 Å². The van der Waals surface area contributed by atoms with Gasteiger partial charge in [-0.25, -0.2) is 0 Å². The molecule has 2 heterocycles. The van der Waals surface area contributed by atoms with Crippen LogP contribution in [-0.2, 0) is 19.4 Å². The van der Waals surface area contributed by atoms with E-state index in [1.807, 2.05) is 13.1 Å². The Labute approximate surface area is 124 Å². The Balaban J connectivity index is 1.75. The van der Waals surface area contributed by atoms with E-state index >= 15 is 0 Å². The Kier molecular flexibility index (Phi) is 4.05. The molecular weight excluding hydrogens is 266 g/mol. The second-order valence-corrected chi connectivity index (χ2v) is 5.58. The van der Waals surface area contributed by atoms with Crippen LogP contribution >= 0.6 is 0 Å². The lowest BCUT2D eigenvalue weighted by Gasteiger charge is -2.26. The summed E-state index contributed by atoms with van der Waals surface area (Å²) >= 11 is 0. The summed E-state index contributed by atoms with van der Waals surface area (Å²) in [4.78, 5) is 0. The van der Waals surface area contributed by atoms with Crippen molar-refractivity contribution in [2.24, 2.45) is 0 Å². The van der Waals surface area contributed by atoms with Gasteiger partial charge in [-0.3, -0.25) is 10.00 Å². The normalized spacial score (nSPS) is 19.5. The fourth-order valence-electron chi connectivity index (χ4n) is 3.02.